The van der Waals surface area contributed by atoms with Gasteiger partial charge in [-0.3, -0.25) is 9.59 Å². The number of halogens is 2. The van der Waals surface area contributed by atoms with Gasteiger partial charge in [-0.05, 0) is 50.1 Å². The largest absolute Gasteiger partial charge is 0.455 e. The SMILES string of the molecule is Cc1c(C(=O)N2CCN(c3ccccc3F)CC2)oc2c1/C(=N/NC(=O)c1cccc(Cl)c1)CCC2. The minimum atomic E-state index is -0.359. The molecule has 186 valence electrons. The van der Waals surface area contributed by atoms with E-state index in [1.165, 1.54) is 6.07 Å². The van der Waals surface area contributed by atoms with Gasteiger partial charge in [0.1, 0.15) is 11.6 Å². The molecule has 2 aromatic carbocycles. The zero-order chi connectivity index (χ0) is 25.2. The van der Waals surface area contributed by atoms with E-state index in [1.807, 2.05) is 17.9 Å². The molecule has 1 aliphatic carbocycles. The number of nitrogens with zero attached hydrogens (tertiary/aromatic N) is 3. The van der Waals surface area contributed by atoms with Crippen LogP contribution in [0.1, 0.15) is 50.6 Å². The number of aryl methyl sites for hydroxylation is 1. The van der Waals surface area contributed by atoms with Crippen molar-refractivity contribution in [3.05, 3.63) is 87.6 Å². The molecule has 1 aromatic heterocycles. The Bertz CT molecular complexity index is 1340. The van der Waals surface area contributed by atoms with Crippen molar-refractivity contribution >= 4 is 34.8 Å². The fourth-order valence-corrected chi connectivity index (χ4v) is 4.99. The third kappa shape index (κ3) is 4.73. The lowest BCUT2D eigenvalue weighted by Crippen LogP contribution is -2.49. The van der Waals surface area contributed by atoms with Crippen molar-refractivity contribution < 1.29 is 18.4 Å². The van der Waals surface area contributed by atoms with Gasteiger partial charge in [-0.1, -0.05) is 29.8 Å². The fraction of sp³-hybridized carbons (Fsp3) is 0.296. The fourth-order valence-electron chi connectivity index (χ4n) is 4.80. The van der Waals surface area contributed by atoms with Crippen LogP contribution in [0.25, 0.3) is 0 Å². The van der Waals surface area contributed by atoms with Crippen LogP contribution in [0, 0.1) is 12.7 Å². The number of hydrazone groups is 1. The Balaban J connectivity index is 1.31. The first-order valence-electron chi connectivity index (χ1n) is 12.0. The highest BCUT2D eigenvalue weighted by atomic mass is 35.5. The van der Waals surface area contributed by atoms with Gasteiger partial charge in [-0.25, -0.2) is 9.82 Å². The Morgan fingerprint density at radius 2 is 1.83 bits per heavy atom. The molecule has 36 heavy (non-hydrogen) atoms. The smallest absolute Gasteiger partial charge is 0.289 e. The lowest BCUT2D eigenvalue weighted by molar-refractivity contribution is 0.0711. The van der Waals surface area contributed by atoms with Crippen LogP contribution in [-0.2, 0) is 6.42 Å². The first kappa shape index (κ1) is 24.1. The van der Waals surface area contributed by atoms with Gasteiger partial charge in [-0.2, -0.15) is 5.10 Å². The zero-order valence-electron chi connectivity index (χ0n) is 19.9. The molecule has 1 aliphatic heterocycles. The van der Waals surface area contributed by atoms with Crippen LogP contribution in [0.3, 0.4) is 0 Å². The molecular weight excluding hydrogens is 483 g/mol. The highest BCUT2D eigenvalue weighted by Gasteiger charge is 2.32. The highest BCUT2D eigenvalue weighted by molar-refractivity contribution is 6.31. The molecule has 5 rings (SSSR count). The van der Waals surface area contributed by atoms with E-state index in [0.717, 1.165) is 17.5 Å². The second-order valence-corrected chi connectivity index (χ2v) is 9.38. The Labute approximate surface area is 213 Å². The van der Waals surface area contributed by atoms with Gasteiger partial charge in [0.2, 0.25) is 0 Å². The van der Waals surface area contributed by atoms with Crippen molar-refractivity contribution in [2.45, 2.75) is 26.2 Å². The molecule has 2 amide bonds. The summed E-state index contributed by atoms with van der Waals surface area (Å²) >= 11 is 5.98. The lowest BCUT2D eigenvalue weighted by atomic mass is 9.93. The average molecular weight is 509 g/mol. The van der Waals surface area contributed by atoms with Crippen LogP contribution in [0.2, 0.25) is 5.02 Å². The highest BCUT2D eigenvalue weighted by Crippen LogP contribution is 2.31. The lowest BCUT2D eigenvalue weighted by Gasteiger charge is -2.35. The number of amides is 2. The summed E-state index contributed by atoms with van der Waals surface area (Å²) in [5.41, 5.74) is 5.78. The minimum Gasteiger partial charge on any atom is -0.455 e. The van der Waals surface area contributed by atoms with Gasteiger partial charge in [0.25, 0.3) is 11.8 Å². The Kier molecular flexibility index (Phi) is 6.78. The van der Waals surface area contributed by atoms with Gasteiger partial charge < -0.3 is 14.2 Å². The molecule has 1 fully saturated rings. The molecule has 0 radical (unpaired) electrons. The van der Waals surface area contributed by atoms with E-state index >= 15 is 0 Å². The standard InChI is InChI=1S/C27H26ClFN4O3/c1-17-24-21(30-31-26(34)18-6-4-7-19(28)16-18)9-5-11-23(24)36-25(17)27(35)33-14-12-32(13-15-33)22-10-3-2-8-20(22)29/h2-4,6-8,10,16H,5,9,11-15H2,1H3,(H,31,34)/b30-21+. The van der Waals surface area contributed by atoms with Crippen LogP contribution in [0.4, 0.5) is 10.1 Å². The molecule has 3 aromatic rings. The van der Waals surface area contributed by atoms with Gasteiger partial charge in [0, 0.05) is 54.3 Å². The molecule has 1 N–H and O–H groups in total. The number of hydrogen-bond donors (Lipinski definition) is 1. The molecular formula is C27H26ClFN4O3. The number of hydrogen-bond acceptors (Lipinski definition) is 5. The topological polar surface area (TPSA) is 78.2 Å². The number of carbonyl (C=O) groups is 2. The number of fused-ring (bicyclic) bond motifs is 1. The number of anilines is 1. The van der Waals surface area contributed by atoms with E-state index in [2.05, 4.69) is 10.5 Å². The van der Waals surface area contributed by atoms with Crippen molar-refractivity contribution in [1.82, 2.24) is 10.3 Å². The monoisotopic (exact) mass is 508 g/mol. The number of benzene rings is 2. The van der Waals surface area contributed by atoms with Crippen LogP contribution < -0.4 is 10.3 Å². The number of nitrogens with one attached hydrogen (secondary N) is 1. The van der Waals surface area contributed by atoms with Crippen LogP contribution in [0.5, 0.6) is 0 Å². The number of furan rings is 1. The second kappa shape index (κ2) is 10.1. The minimum absolute atomic E-state index is 0.183. The quantitative estimate of drug-likeness (QED) is 0.513. The first-order valence-corrected chi connectivity index (χ1v) is 12.3. The Hall–Kier alpha value is -3.65. The maximum absolute atomic E-state index is 14.2. The number of carbonyl (C=O) groups excluding carboxylic acids is 2. The summed E-state index contributed by atoms with van der Waals surface area (Å²) in [6, 6.07) is 13.3. The molecule has 1 saturated heterocycles. The van der Waals surface area contributed by atoms with E-state index in [1.54, 1.807) is 41.3 Å². The summed E-state index contributed by atoms with van der Waals surface area (Å²) in [5, 5.41) is 4.85. The molecule has 2 aliphatic rings. The van der Waals surface area contributed by atoms with Crippen LogP contribution >= 0.6 is 11.6 Å². The molecule has 2 heterocycles. The normalized spacial score (nSPS) is 16.7. The van der Waals surface area contributed by atoms with E-state index in [-0.39, 0.29) is 17.6 Å². The molecule has 0 bridgehead atoms. The average Bonchev–Trinajstić information content (AvgIpc) is 3.24. The third-order valence-corrected chi connectivity index (χ3v) is 6.89. The van der Waals surface area contributed by atoms with E-state index in [4.69, 9.17) is 16.0 Å². The van der Waals surface area contributed by atoms with Crippen molar-refractivity contribution in [2.24, 2.45) is 5.10 Å². The van der Waals surface area contributed by atoms with Crippen molar-refractivity contribution in [3.8, 4) is 0 Å². The zero-order valence-corrected chi connectivity index (χ0v) is 20.6. The summed E-state index contributed by atoms with van der Waals surface area (Å²) in [5.74, 6) is 0.207. The summed E-state index contributed by atoms with van der Waals surface area (Å²) in [7, 11) is 0. The number of para-hydroxylation sites is 1. The van der Waals surface area contributed by atoms with Crippen LogP contribution in [-0.4, -0.2) is 48.6 Å². The third-order valence-electron chi connectivity index (χ3n) is 6.66. The number of piperazine rings is 1. The summed E-state index contributed by atoms with van der Waals surface area (Å²) in [4.78, 5) is 29.6. The Morgan fingerprint density at radius 3 is 2.58 bits per heavy atom. The van der Waals surface area contributed by atoms with E-state index in [9.17, 15) is 14.0 Å². The molecule has 0 saturated carbocycles. The number of rotatable bonds is 4. The molecule has 0 atom stereocenters. The van der Waals surface area contributed by atoms with E-state index < -0.39 is 0 Å². The maximum atomic E-state index is 14.2. The van der Waals surface area contributed by atoms with Crippen molar-refractivity contribution in [3.63, 3.8) is 0 Å². The van der Waals surface area contributed by atoms with Crippen molar-refractivity contribution in [2.75, 3.05) is 31.1 Å². The Morgan fingerprint density at radius 1 is 1.06 bits per heavy atom. The maximum Gasteiger partial charge on any atom is 0.289 e. The molecule has 0 unspecified atom stereocenters. The van der Waals surface area contributed by atoms with Gasteiger partial charge in [-0.15, -0.1) is 0 Å². The molecule has 9 heteroatoms. The van der Waals surface area contributed by atoms with Crippen molar-refractivity contribution in [1.29, 1.82) is 0 Å². The predicted octanol–water partition coefficient (Wildman–Crippen LogP) is 4.81. The van der Waals surface area contributed by atoms with Gasteiger partial charge >= 0.3 is 0 Å². The van der Waals surface area contributed by atoms with Crippen LogP contribution in [0.15, 0.2) is 58.0 Å². The summed E-state index contributed by atoms with van der Waals surface area (Å²) < 4.78 is 20.2. The molecule has 7 nitrogen and oxygen atoms in total. The second-order valence-electron chi connectivity index (χ2n) is 8.95. The molecule has 0 spiro atoms. The van der Waals surface area contributed by atoms with Gasteiger partial charge in [0.05, 0.1) is 11.4 Å². The van der Waals surface area contributed by atoms with Gasteiger partial charge in [0.15, 0.2) is 5.76 Å². The summed E-state index contributed by atoms with van der Waals surface area (Å²) in [6.07, 6.45) is 2.17. The summed E-state index contributed by atoms with van der Waals surface area (Å²) in [6.45, 7) is 3.86. The first-order chi connectivity index (χ1) is 17.4. The predicted molar refractivity (Wildman–Crippen MR) is 136 cm³/mol. The van der Waals surface area contributed by atoms with E-state index in [0.29, 0.717) is 72.5 Å².